The van der Waals surface area contributed by atoms with E-state index < -0.39 is 64.7 Å². The average molecular weight is 435 g/mol. The Morgan fingerprint density at radius 2 is 1.40 bits per heavy atom. The standard InChI is InChI=1S/C18H9F8N3O/c19-11-12(20)14(22)16(15(23)13(11)21)28-17-27-9(18(24,25)26)6-10(30)29(17)7-8-4-2-1-3-5-8/h1-6H,7H2,(H,27,28). The van der Waals surface area contributed by atoms with Gasteiger partial charge < -0.3 is 5.32 Å². The molecular formula is C18H9F8N3O. The summed E-state index contributed by atoms with van der Waals surface area (Å²) in [4.78, 5) is 15.4. The topological polar surface area (TPSA) is 46.9 Å². The molecule has 0 saturated heterocycles. The first kappa shape index (κ1) is 21.3. The van der Waals surface area contributed by atoms with Gasteiger partial charge in [0.1, 0.15) is 5.69 Å². The largest absolute Gasteiger partial charge is 0.433 e. The molecule has 0 atom stereocenters. The number of nitrogens with one attached hydrogen (secondary N) is 1. The van der Waals surface area contributed by atoms with Gasteiger partial charge in [0, 0.05) is 6.07 Å². The van der Waals surface area contributed by atoms with E-state index in [4.69, 9.17) is 0 Å². The van der Waals surface area contributed by atoms with Crippen molar-refractivity contribution >= 4 is 11.6 Å². The van der Waals surface area contributed by atoms with Gasteiger partial charge in [-0.05, 0) is 5.56 Å². The van der Waals surface area contributed by atoms with Crippen LogP contribution in [0.3, 0.4) is 0 Å². The lowest BCUT2D eigenvalue weighted by Gasteiger charge is -2.17. The molecular weight excluding hydrogens is 426 g/mol. The lowest BCUT2D eigenvalue weighted by Crippen LogP contribution is -2.27. The van der Waals surface area contributed by atoms with E-state index in [1.807, 2.05) is 0 Å². The fraction of sp³-hybridized carbons (Fsp3) is 0.111. The van der Waals surface area contributed by atoms with E-state index in [1.54, 1.807) is 23.5 Å². The summed E-state index contributed by atoms with van der Waals surface area (Å²) in [5, 5.41) is 1.65. The van der Waals surface area contributed by atoms with Gasteiger partial charge in [0.25, 0.3) is 5.56 Å². The molecule has 0 fully saturated rings. The SMILES string of the molecule is O=c1cc(C(F)(F)F)nc(Nc2c(F)c(F)c(F)c(F)c2F)n1Cc1ccccc1. The molecule has 0 radical (unpaired) electrons. The van der Waals surface area contributed by atoms with Crippen LogP contribution in [0.15, 0.2) is 41.2 Å². The molecule has 158 valence electrons. The Kier molecular flexibility index (Phi) is 5.51. The van der Waals surface area contributed by atoms with Crippen molar-refractivity contribution in [3.05, 3.63) is 87.1 Å². The lowest BCUT2D eigenvalue weighted by atomic mass is 10.2. The third-order valence-corrected chi connectivity index (χ3v) is 3.93. The summed E-state index contributed by atoms with van der Waals surface area (Å²) in [6.45, 7) is -0.400. The summed E-state index contributed by atoms with van der Waals surface area (Å²) in [5.41, 5.74) is -4.25. The van der Waals surface area contributed by atoms with Crippen LogP contribution in [-0.2, 0) is 12.7 Å². The minimum absolute atomic E-state index is 0.145. The van der Waals surface area contributed by atoms with Crippen LogP contribution < -0.4 is 10.9 Å². The molecule has 0 aliphatic carbocycles. The van der Waals surface area contributed by atoms with Gasteiger partial charge in [0.05, 0.1) is 6.54 Å². The summed E-state index contributed by atoms with van der Waals surface area (Å²) < 4.78 is 108. The minimum Gasteiger partial charge on any atom is -0.320 e. The quantitative estimate of drug-likeness (QED) is 0.366. The van der Waals surface area contributed by atoms with E-state index in [-0.39, 0.29) is 6.07 Å². The van der Waals surface area contributed by atoms with Crippen molar-refractivity contribution in [2.24, 2.45) is 0 Å². The molecule has 1 heterocycles. The highest BCUT2D eigenvalue weighted by molar-refractivity contribution is 5.56. The predicted octanol–water partition coefficient (Wildman–Crippen LogP) is 4.75. The van der Waals surface area contributed by atoms with Crippen molar-refractivity contribution in [2.75, 3.05) is 5.32 Å². The molecule has 12 heteroatoms. The number of rotatable bonds is 4. The Morgan fingerprint density at radius 1 is 0.867 bits per heavy atom. The molecule has 3 rings (SSSR count). The van der Waals surface area contributed by atoms with E-state index in [1.165, 1.54) is 12.1 Å². The third kappa shape index (κ3) is 3.98. The van der Waals surface area contributed by atoms with Crippen molar-refractivity contribution in [1.82, 2.24) is 9.55 Å². The second-order valence-electron chi connectivity index (χ2n) is 5.94. The smallest absolute Gasteiger partial charge is 0.320 e. The first-order valence-electron chi connectivity index (χ1n) is 8.02. The molecule has 1 N–H and O–H groups in total. The fourth-order valence-electron chi connectivity index (χ4n) is 2.49. The van der Waals surface area contributed by atoms with E-state index in [9.17, 15) is 39.9 Å². The number of halogens is 8. The summed E-state index contributed by atoms with van der Waals surface area (Å²) in [6, 6.07) is 7.85. The number of aromatic nitrogens is 2. The summed E-state index contributed by atoms with van der Waals surface area (Å²) in [6.07, 6.45) is -5.11. The fourth-order valence-corrected chi connectivity index (χ4v) is 2.49. The van der Waals surface area contributed by atoms with Crippen molar-refractivity contribution in [2.45, 2.75) is 12.7 Å². The molecule has 0 aliphatic heterocycles. The summed E-state index contributed by atoms with van der Waals surface area (Å²) in [5.74, 6) is -12.8. The minimum atomic E-state index is -5.11. The number of benzene rings is 2. The zero-order valence-corrected chi connectivity index (χ0v) is 14.5. The maximum absolute atomic E-state index is 14.0. The maximum Gasteiger partial charge on any atom is 0.433 e. The number of anilines is 2. The van der Waals surface area contributed by atoms with Crippen LogP contribution in [0.1, 0.15) is 11.3 Å². The molecule has 0 unspecified atom stereocenters. The van der Waals surface area contributed by atoms with Gasteiger partial charge in [-0.1, -0.05) is 30.3 Å². The van der Waals surface area contributed by atoms with E-state index in [0.29, 0.717) is 10.1 Å². The molecule has 1 aromatic heterocycles. The molecule has 0 aliphatic rings. The van der Waals surface area contributed by atoms with Gasteiger partial charge >= 0.3 is 6.18 Å². The normalized spacial score (nSPS) is 11.6. The van der Waals surface area contributed by atoms with Gasteiger partial charge in [-0.3, -0.25) is 9.36 Å². The van der Waals surface area contributed by atoms with Gasteiger partial charge in [-0.15, -0.1) is 0 Å². The van der Waals surface area contributed by atoms with E-state index in [2.05, 4.69) is 4.98 Å². The Hall–Kier alpha value is -3.44. The van der Waals surface area contributed by atoms with Crippen molar-refractivity contribution in [3.63, 3.8) is 0 Å². The zero-order valence-electron chi connectivity index (χ0n) is 14.5. The van der Waals surface area contributed by atoms with Crippen molar-refractivity contribution in [1.29, 1.82) is 0 Å². The molecule has 4 nitrogen and oxygen atoms in total. The molecule has 30 heavy (non-hydrogen) atoms. The van der Waals surface area contributed by atoms with Crippen LogP contribution in [0.5, 0.6) is 0 Å². The first-order valence-corrected chi connectivity index (χ1v) is 8.02. The monoisotopic (exact) mass is 435 g/mol. The molecule has 0 spiro atoms. The van der Waals surface area contributed by atoms with Gasteiger partial charge in [-0.2, -0.15) is 13.2 Å². The second-order valence-corrected chi connectivity index (χ2v) is 5.94. The van der Waals surface area contributed by atoms with E-state index in [0.717, 1.165) is 0 Å². The van der Waals surface area contributed by atoms with E-state index >= 15 is 0 Å². The number of hydrogen-bond acceptors (Lipinski definition) is 3. The zero-order chi connectivity index (χ0) is 22.2. The molecule has 0 saturated carbocycles. The van der Waals surface area contributed by atoms with Gasteiger partial charge in [0.15, 0.2) is 29.0 Å². The number of nitrogens with zero attached hydrogens (tertiary/aromatic N) is 2. The third-order valence-electron chi connectivity index (χ3n) is 3.93. The predicted molar refractivity (Wildman–Crippen MR) is 88.6 cm³/mol. The highest BCUT2D eigenvalue weighted by Crippen LogP contribution is 2.31. The molecule has 2 aromatic carbocycles. The Bertz CT molecular complexity index is 1130. The van der Waals surface area contributed by atoms with Crippen LogP contribution >= 0.6 is 0 Å². The first-order chi connectivity index (χ1) is 14.0. The van der Waals surface area contributed by atoms with Gasteiger partial charge in [-0.25, -0.2) is 26.9 Å². The summed E-state index contributed by atoms with van der Waals surface area (Å²) >= 11 is 0. The molecule has 0 bridgehead atoms. The second kappa shape index (κ2) is 7.76. The summed E-state index contributed by atoms with van der Waals surface area (Å²) in [7, 11) is 0. The van der Waals surface area contributed by atoms with Crippen LogP contribution in [0.2, 0.25) is 0 Å². The Morgan fingerprint density at radius 3 is 1.93 bits per heavy atom. The van der Waals surface area contributed by atoms with Crippen LogP contribution in [0.25, 0.3) is 0 Å². The highest BCUT2D eigenvalue weighted by Gasteiger charge is 2.35. The lowest BCUT2D eigenvalue weighted by molar-refractivity contribution is -0.141. The number of hydrogen-bond donors (Lipinski definition) is 1. The van der Waals surface area contributed by atoms with Gasteiger partial charge in [0.2, 0.25) is 11.8 Å². The van der Waals surface area contributed by atoms with Crippen molar-refractivity contribution in [3.8, 4) is 0 Å². The Balaban J connectivity index is 2.20. The molecule has 0 amide bonds. The Labute approximate surface area is 162 Å². The van der Waals surface area contributed by atoms with Crippen LogP contribution in [0, 0.1) is 29.1 Å². The van der Waals surface area contributed by atoms with Crippen molar-refractivity contribution < 1.29 is 35.1 Å². The molecule has 3 aromatic rings. The number of alkyl halides is 3. The maximum atomic E-state index is 14.0. The van der Waals surface area contributed by atoms with Crippen LogP contribution in [0.4, 0.5) is 46.8 Å². The van der Waals surface area contributed by atoms with Crippen LogP contribution in [-0.4, -0.2) is 9.55 Å². The average Bonchev–Trinajstić information content (AvgIpc) is 2.70. The highest BCUT2D eigenvalue weighted by atomic mass is 19.4.